The molecule has 0 fully saturated rings. The summed E-state index contributed by atoms with van der Waals surface area (Å²) in [5.41, 5.74) is 1.00. The SMILES string of the molecule is Cc1cc(C(=O)NC(C)c2cnc(OCC(F)(F)F)c(F)c2)ncn1. The van der Waals surface area contributed by atoms with Crippen molar-refractivity contribution in [2.24, 2.45) is 0 Å². The average Bonchev–Trinajstić information content (AvgIpc) is 2.52. The number of pyridine rings is 1. The van der Waals surface area contributed by atoms with Crippen LogP contribution in [0, 0.1) is 12.7 Å². The predicted octanol–water partition coefficient (Wildman–Crippen LogP) is 2.75. The highest BCUT2D eigenvalue weighted by Gasteiger charge is 2.29. The third-order valence-electron chi connectivity index (χ3n) is 3.09. The van der Waals surface area contributed by atoms with Gasteiger partial charge < -0.3 is 10.1 Å². The predicted molar refractivity (Wildman–Crippen MR) is 78.4 cm³/mol. The fourth-order valence-electron chi connectivity index (χ4n) is 1.87. The molecule has 0 saturated heterocycles. The summed E-state index contributed by atoms with van der Waals surface area (Å²) in [6.07, 6.45) is -2.22. The van der Waals surface area contributed by atoms with Crippen LogP contribution in [-0.4, -0.2) is 33.6 Å². The molecule has 0 spiro atoms. The van der Waals surface area contributed by atoms with Gasteiger partial charge in [-0.05, 0) is 31.5 Å². The Morgan fingerprint density at radius 3 is 2.60 bits per heavy atom. The van der Waals surface area contributed by atoms with E-state index in [1.165, 1.54) is 12.4 Å². The van der Waals surface area contributed by atoms with Gasteiger partial charge in [0.05, 0.1) is 6.04 Å². The maximum Gasteiger partial charge on any atom is 0.422 e. The highest BCUT2D eigenvalue weighted by molar-refractivity contribution is 5.92. The van der Waals surface area contributed by atoms with Gasteiger partial charge >= 0.3 is 6.18 Å². The van der Waals surface area contributed by atoms with Crippen LogP contribution >= 0.6 is 0 Å². The van der Waals surface area contributed by atoms with E-state index in [4.69, 9.17) is 0 Å². The number of rotatable bonds is 5. The number of carbonyl (C=O) groups is 1. The Kier molecular flexibility index (Phi) is 5.50. The minimum absolute atomic E-state index is 0.137. The van der Waals surface area contributed by atoms with Crippen molar-refractivity contribution in [2.75, 3.05) is 6.61 Å². The number of nitrogens with one attached hydrogen (secondary N) is 1. The summed E-state index contributed by atoms with van der Waals surface area (Å²) in [4.78, 5) is 23.3. The number of amides is 1. The van der Waals surface area contributed by atoms with Crippen LogP contribution in [0.1, 0.15) is 34.7 Å². The monoisotopic (exact) mass is 358 g/mol. The molecular weight excluding hydrogens is 344 g/mol. The van der Waals surface area contributed by atoms with Gasteiger partial charge in [-0.1, -0.05) is 0 Å². The van der Waals surface area contributed by atoms with Crippen LogP contribution in [0.4, 0.5) is 17.6 Å². The lowest BCUT2D eigenvalue weighted by Gasteiger charge is -2.15. The smallest absolute Gasteiger partial charge is 0.422 e. The van der Waals surface area contributed by atoms with Gasteiger partial charge in [-0.2, -0.15) is 13.2 Å². The number of halogens is 4. The molecule has 0 radical (unpaired) electrons. The van der Waals surface area contributed by atoms with Gasteiger partial charge in [-0.15, -0.1) is 0 Å². The molecule has 2 rings (SSSR count). The van der Waals surface area contributed by atoms with E-state index < -0.39 is 36.4 Å². The summed E-state index contributed by atoms with van der Waals surface area (Å²) in [5.74, 6) is -2.32. The highest BCUT2D eigenvalue weighted by atomic mass is 19.4. The first kappa shape index (κ1) is 18.6. The number of carbonyl (C=O) groups excluding carboxylic acids is 1. The zero-order valence-corrected chi connectivity index (χ0v) is 13.3. The molecule has 0 aliphatic carbocycles. The van der Waals surface area contributed by atoms with Crippen molar-refractivity contribution in [3.63, 3.8) is 0 Å². The van der Waals surface area contributed by atoms with Gasteiger partial charge in [-0.3, -0.25) is 4.79 Å². The van der Waals surface area contributed by atoms with Crippen molar-refractivity contribution < 1.29 is 27.1 Å². The lowest BCUT2D eigenvalue weighted by Crippen LogP contribution is -2.28. The Hall–Kier alpha value is -2.78. The highest BCUT2D eigenvalue weighted by Crippen LogP contribution is 2.22. The van der Waals surface area contributed by atoms with Crippen LogP contribution in [-0.2, 0) is 0 Å². The topological polar surface area (TPSA) is 77.0 Å². The fraction of sp³-hybridized carbons (Fsp3) is 0.333. The van der Waals surface area contributed by atoms with Gasteiger partial charge in [0.25, 0.3) is 11.8 Å². The van der Waals surface area contributed by atoms with Crippen LogP contribution in [0.3, 0.4) is 0 Å². The average molecular weight is 358 g/mol. The first-order valence-electron chi connectivity index (χ1n) is 7.10. The Balaban J connectivity index is 2.05. The van der Waals surface area contributed by atoms with Crippen LogP contribution in [0.25, 0.3) is 0 Å². The van der Waals surface area contributed by atoms with Crippen molar-refractivity contribution in [2.45, 2.75) is 26.1 Å². The molecule has 10 heteroatoms. The molecule has 6 nitrogen and oxygen atoms in total. The largest absolute Gasteiger partial charge is 0.466 e. The lowest BCUT2D eigenvalue weighted by molar-refractivity contribution is -0.154. The van der Waals surface area contributed by atoms with Gasteiger partial charge in [0.1, 0.15) is 12.0 Å². The van der Waals surface area contributed by atoms with E-state index in [2.05, 4.69) is 25.0 Å². The van der Waals surface area contributed by atoms with Crippen molar-refractivity contribution >= 4 is 5.91 Å². The van der Waals surface area contributed by atoms with Crippen LogP contribution in [0.5, 0.6) is 5.88 Å². The van der Waals surface area contributed by atoms with E-state index in [1.54, 1.807) is 13.8 Å². The second-order valence-corrected chi connectivity index (χ2v) is 5.20. The van der Waals surface area contributed by atoms with Crippen molar-refractivity contribution in [3.05, 3.63) is 47.4 Å². The van der Waals surface area contributed by atoms with Gasteiger partial charge in [0.2, 0.25) is 0 Å². The van der Waals surface area contributed by atoms with E-state index in [-0.39, 0.29) is 11.3 Å². The number of ether oxygens (including phenoxy) is 1. The first-order chi connectivity index (χ1) is 11.7. The van der Waals surface area contributed by atoms with Crippen molar-refractivity contribution in [3.8, 4) is 5.88 Å². The number of nitrogens with zero attached hydrogens (tertiary/aromatic N) is 3. The first-order valence-corrected chi connectivity index (χ1v) is 7.10. The number of alkyl halides is 3. The molecule has 2 aromatic rings. The molecule has 0 aliphatic heterocycles. The van der Waals surface area contributed by atoms with Crippen LogP contribution in [0.2, 0.25) is 0 Å². The second-order valence-electron chi connectivity index (χ2n) is 5.20. The van der Waals surface area contributed by atoms with E-state index in [0.29, 0.717) is 5.69 Å². The van der Waals surface area contributed by atoms with Gasteiger partial charge in [0, 0.05) is 11.9 Å². The Bertz CT molecular complexity index is 767. The minimum atomic E-state index is -4.59. The lowest BCUT2D eigenvalue weighted by atomic mass is 10.1. The summed E-state index contributed by atoms with van der Waals surface area (Å²) in [6.45, 7) is 1.62. The molecule has 2 heterocycles. The molecular formula is C15H14F4N4O2. The Labute approximate surface area is 140 Å². The normalized spacial score (nSPS) is 12.6. The number of hydrogen-bond acceptors (Lipinski definition) is 5. The Morgan fingerprint density at radius 2 is 2.00 bits per heavy atom. The number of aryl methyl sites for hydroxylation is 1. The van der Waals surface area contributed by atoms with Crippen molar-refractivity contribution in [1.29, 1.82) is 0 Å². The van der Waals surface area contributed by atoms with Gasteiger partial charge in [-0.25, -0.2) is 19.3 Å². The molecule has 0 saturated carbocycles. The van der Waals surface area contributed by atoms with E-state index in [1.807, 2.05) is 0 Å². The summed E-state index contributed by atoms with van der Waals surface area (Å²) in [7, 11) is 0. The van der Waals surface area contributed by atoms with E-state index >= 15 is 0 Å². The standard InChI is InChI=1S/C15H14F4N4O2/c1-8-3-12(22-7-21-8)13(24)23-9(2)10-4-11(16)14(20-5-10)25-6-15(17,18)19/h3-5,7,9H,6H2,1-2H3,(H,23,24). The molecule has 25 heavy (non-hydrogen) atoms. The molecule has 134 valence electrons. The number of hydrogen-bond donors (Lipinski definition) is 1. The van der Waals surface area contributed by atoms with Gasteiger partial charge in [0.15, 0.2) is 12.4 Å². The molecule has 0 bridgehead atoms. The summed E-state index contributed by atoms with van der Waals surface area (Å²) in [5, 5.41) is 2.59. The van der Waals surface area contributed by atoms with Crippen LogP contribution in [0.15, 0.2) is 24.7 Å². The molecule has 1 atom stereocenters. The fourth-order valence-corrected chi connectivity index (χ4v) is 1.87. The molecule has 1 amide bonds. The number of aromatic nitrogens is 3. The third-order valence-corrected chi connectivity index (χ3v) is 3.09. The summed E-state index contributed by atoms with van der Waals surface area (Å²) in [6, 6.07) is 1.78. The maximum atomic E-state index is 13.8. The molecule has 2 aromatic heterocycles. The van der Waals surface area contributed by atoms with E-state index in [9.17, 15) is 22.4 Å². The van der Waals surface area contributed by atoms with E-state index in [0.717, 1.165) is 12.3 Å². The third kappa shape index (κ3) is 5.37. The maximum absolute atomic E-state index is 13.8. The molecule has 0 aliphatic rings. The quantitative estimate of drug-likeness (QED) is 0.832. The zero-order chi connectivity index (χ0) is 18.6. The molecule has 1 unspecified atom stereocenters. The zero-order valence-electron chi connectivity index (χ0n) is 13.3. The molecule has 0 aromatic carbocycles. The van der Waals surface area contributed by atoms with Crippen LogP contribution < -0.4 is 10.1 Å². The summed E-state index contributed by atoms with van der Waals surface area (Å²) >= 11 is 0. The second kappa shape index (κ2) is 7.41. The molecule has 1 N–H and O–H groups in total. The minimum Gasteiger partial charge on any atom is -0.466 e. The summed E-state index contributed by atoms with van der Waals surface area (Å²) < 4.78 is 54.3. The van der Waals surface area contributed by atoms with Crippen molar-refractivity contribution in [1.82, 2.24) is 20.3 Å². The Morgan fingerprint density at radius 1 is 1.28 bits per heavy atom.